The normalized spacial score (nSPS) is 20.6. The van der Waals surface area contributed by atoms with Crippen molar-refractivity contribution in [3.05, 3.63) is 84.4 Å². The first kappa shape index (κ1) is 25.2. The van der Waals surface area contributed by atoms with Crippen molar-refractivity contribution in [3.8, 4) is 11.5 Å². The fraction of sp³-hybridized carbons (Fsp3) is 0.267. The monoisotopic (exact) mass is 512 g/mol. The average Bonchev–Trinajstić information content (AvgIpc) is 3.17. The van der Waals surface area contributed by atoms with Crippen molar-refractivity contribution < 1.29 is 28.7 Å². The fourth-order valence-electron chi connectivity index (χ4n) is 5.06. The number of para-hydroxylation sites is 1. The van der Waals surface area contributed by atoms with Crippen molar-refractivity contribution in [2.24, 2.45) is 17.8 Å². The molecule has 1 aliphatic carbocycles. The van der Waals surface area contributed by atoms with Crippen LogP contribution in [0.15, 0.2) is 78.9 Å². The number of hydrogen-bond acceptors (Lipinski definition) is 6. The summed E-state index contributed by atoms with van der Waals surface area (Å²) >= 11 is 0. The molecule has 194 valence electrons. The number of rotatable bonds is 7. The van der Waals surface area contributed by atoms with Crippen molar-refractivity contribution in [2.45, 2.75) is 26.2 Å². The highest BCUT2D eigenvalue weighted by molar-refractivity contribution is 6.22. The maximum Gasteiger partial charge on any atom is 0.338 e. The molecule has 8 heteroatoms. The first-order chi connectivity index (χ1) is 18.4. The van der Waals surface area contributed by atoms with Gasteiger partial charge in [0.25, 0.3) is 5.91 Å². The van der Waals surface area contributed by atoms with Gasteiger partial charge in [-0.3, -0.25) is 19.3 Å². The van der Waals surface area contributed by atoms with E-state index >= 15 is 0 Å². The van der Waals surface area contributed by atoms with Crippen LogP contribution in [0.4, 0.5) is 11.4 Å². The third kappa shape index (κ3) is 5.44. The SMILES string of the molecule is C[C@@H]1CC[C@@H]2C(=O)N(c3cccc(C(=O)OCC(=O)Nc4ccc(Oc5ccccc5)cc4)c3)C(=O)[C@H]2C1. The number of ether oxygens (including phenoxy) is 2. The number of nitrogens with zero attached hydrogens (tertiary/aromatic N) is 1. The van der Waals surface area contributed by atoms with Crippen molar-refractivity contribution in [2.75, 3.05) is 16.8 Å². The molecule has 0 aromatic heterocycles. The maximum atomic E-state index is 13.0. The highest BCUT2D eigenvalue weighted by Gasteiger charge is 2.50. The lowest BCUT2D eigenvalue weighted by molar-refractivity contribution is -0.122. The quantitative estimate of drug-likeness (QED) is 0.345. The van der Waals surface area contributed by atoms with Gasteiger partial charge >= 0.3 is 5.97 Å². The maximum absolute atomic E-state index is 13.0. The molecule has 0 spiro atoms. The predicted molar refractivity (Wildman–Crippen MR) is 141 cm³/mol. The van der Waals surface area contributed by atoms with E-state index in [1.807, 2.05) is 30.3 Å². The second-order valence-electron chi connectivity index (χ2n) is 9.76. The van der Waals surface area contributed by atoms with Crippen LogP contribution < -0.4 is 15.0 Å². The largest absolute Gasteiger partial charge is 0.457 e. The number of esters is 1. The molecule has 3 aromatic carbocycles. The van der Waals surface area contributed by atoms with Crippen molar-refractivity contribution >= 4 is 35.1 Å². The van der Waals surface area contributed by atoms with Gasteiger partial charge in [0.15, 0.2) is 6.61 Å². The van der Waals surface area contributed by atoms with Gasteiger partial charge in [-0.25, -0.2) is 4.79 Å². The van der Waals surface area contributed by atoms with E-state index in [1.165, 1.54) is 17.0 Å². The molecule has 2 fully saturated rings. The Balaban J connectivity index is 1.16. The first-order valence-corrected chi connectivity index (χ1v) is 12.7. The van der Waals surface area contributed by atoms with E-state index in [0.29, 0.717) is 41.6 Å². The highest BCUT2D eigenvalue weighted by atomic mass is 16.5. The molecular formula is C30H28N2O6. The number of amides is 3. The summed E-state index contributed by atoms with van der Waals surface area (Å²) in [5, 5.41) is 2.67. The molecule has 1 aliphatic heterocycles. The summed E-state index contributed by atoms with van der Waals surface area (Å²) < 4.78 is 10.9. The molecule has 1 saturated heterocycles. The average molecular weight is 513 g/mol. The second-order valence-corrected chi connectivity index (χ2v) is 9.76. The second kappa shape index (κ2) is 10.9. The molecule has 38 heavy (non-hydrogen) atoms. The highest BCUT2D eigenvalue weighted by Crippen LogP contribution is 2.42. The number of carbonyl (C=O) groups is 4. The van der Waals surface area contributed by atoms with E-state index in [0.717, 1.165) is 6.42 Å². The first-order valence-electron chi connectivity index (χ1n) is 12.7. The van der Waals surface area contributed by atoms with Crippen LogP contribution in [0.25, 0.3) is 0 Å². The van der Waals surface area contributed by atoms with Crippen LogP contribution in [0.3, 0.4) is 0 Å². The smallest absolute Gasteiger partial charge is 0.338 e. The number of anilines is 2. The molecule has 3 atom stereocenters. The Labute approximate surface area is 220 Å². The predicted octanol–water partition coefficient (Wildman–Crippen LogP) is 5.20. The minimum Gasteiger partial charge on any atom is -0.457 e. The van der Waals surface area contributed by atoms with Gasteiger partial charge in [0, 0.05) is 5.69 Å². The molecule has 5 rings (SSSR count). The van der Waals surface area contributed by atoms with Crippen LogP contribution in [0, 0.1) is 17.8 Å². The van der Waals surface area contributed by atoms with Crippen molar-refractivity contribution in [1.29, 1.82) is 0 Å². The fourth-order valence-corrected chi connectivity index (χ4v) is 5.06. The minimum absolute atomic E-state index is 0.154. The van der Waals surface area contributed by atoms with Crippen LogP contribution in [-0.4, -0.2) is 30.3 Å². The Hall–Kier alpha value is -4.46. The van der Waals surface area contributed by atoms with E-state index in [2.05, 4.69) is 12.2 Å². The summed E-state index contributed by atoms with van der Waals surface area (Å²) in [6, 6.07) is 22.3. The lowest BCUT2D eigenvalue weighted by atomic mass is 9.76. The summed E-state index contributed by atoms with van der Waals surface area (Å²) in [5.74, 6) is -0.528. The molecule has 1 saturated carbocycles. The topological polar surface area (TPSA) is 102 Å². The van der Waals surface area contributed by atoms with Crippen LogP contribution in [0.2, 0.25) is 0 Å². The molecule has 2 aliphatic rings. The Morgan fingerprint density at radius 2 is 1.58 bits per heavy atom. The molecule has 0 unspecified atom stereocenters. The third-order valence-corrected chi connectivity index (χ3v) is 6.98. The summed E-state index contributed by atoms with van der Waals surface area (Å²) in [4.78, 5) is 52.1. The number of hydrogen-bond donors (Lipinski definition) is 1. The summed E-state index contributed by atoms with van der Waals surface area (Å²) in [6.07, 6.45) is 2.33. The molecule has 1 N–H and O–H groups in total. The van der Waals surface area contributed by atoms with Gasteiger partial charge in [-0.15, -0.1) is 0 Å². The Kier molecular flexibility index (Phi) is 7.22. The van der Waals surface area contributed by atoms with E-state index in [4.69, 9.17) is 9.47 Å². The van der Waals surface area contributed by atoms with E-state index in [1.54, 1.807) is 36.4 Å². The third-order valence-electron chi connectivity index (χ3n) is 6.98. The van der Waals surface area contributed by atoms with Gasteiger partial charge in [-0.1, -0.05) is 31.2 Å². The summed E-state index contributed by atoms with van der Waals surface area (Å²) in [7, 11) is 0. The molecule has 0 radical (unpaired) electrons. The zero-order valence-electron chi connectivity index (χ0n) is 21.0. The Morgan fingerprint density at radius 1 is 0.868 bits per heavy atom. The number of nitrogens with one attached hydrogen (secondary N) is 1. The van der Waals surface area contributed by atoms with Gasteiger partial charge in [-0.2, -0.15) is 0 Å². The lowest BCUT2D eigenvalue weighted by Gasteiger charge is -2.25. The number of carbonyl (C=O) groups excluding carboxylic acids is 4. The zero-order valence-corrected chi connectivity index (χ0v) is 21.0. The van der Waals surface area contributed by atoms with Crippen LogP contribution in [0.5, 0.6) is 11.5 Å². The number of benzene rings is 3. The molecule has 3 amide bonds. The van der Waals surface area contributed by atoms with E-state index in [-0.39, 0.29) is 29.2 Å². The van der Waals surface area contributed by atoms with Crippen molar-refractivity contribution in [3.63, 3.8) is 0 Å². The Morgan fingerprint density at radius 3 is 2.34 bits per heavy atom. The van der Waals surface area contributed by atoms with Gasteiger partial charge < -0.3 is 14.8 Å². The molecular weight excluding hydrogens is 484 g/mol. The minimum atomic E-state index is -0.723. The number of fused-ring (bicyclic) bond motifs is 1. The number of imide groups is 1. The van der Waals surface area contributed by atoms with Crippen LogP contribution in [-0.2, 0) is 19.1 Å². The van der Waals surface area contributed by atoms with Crippen LogP contribution in [0.1, 0.15) is 36.5 Å². The summed E-state index contributed by atoms with van der Waals surface area (Å²) in [5.41, 5.74) is 1.02. The van der Waals surface area contributed by atoms with Gasteiger partial charge in [0.1, 0.15) is 11.5 Å². The lowest BCUT2D eigenvalue weighted by Crippen LogP contribution is -2.31. The van der Waals surface area contributed by atoms with Gasteiger partial charge in [0.2, 0.25) is 11.8 Å². The van der Waals surface area contributed by atoms with E-state index < -0.39 is 18.5 Å². The van der Waals surface area contributed by atoms with Crippen LogP contribution >= 0.6 is 0 Å². The molecule has 0 bridgehead atoms. The van der Waals surface area contributed by atoms with Crippen molar-refractivity contribution in [1.82, 2.24) is 0 Å². The standard InChI is InChI=1S/C30H28N2O6/c1-19-10-15-25-26(16-19)29(35)32(28(25)34)22-7-5-6-20(17-22)30(36)37-18-27(33)31-21-11-13-24(14-12-21)38-23-8-3-2-4-9-23/h2-9,11-14,17,19,25-26H,10,15-16,18H2,1H3,(H,31,33)/t19-,25+,26+/m1/s1. The van der Waals surface area contributed by atoms with E-state index in [9.17, 15) is 19.2 Å². The molecule has 3 aromatic rings. The van der Waals surface area contributed by atoms with Gasteiger partial charge in [-0.05, 0) is 79.8 Å². The zero-order chi connectivity index (χ0) is 26.6. The summed E-state index contributed by atoms with van der Waals surface area (Å²) in [6.45, 7) is 1.60. The molecule has 8 nitrogen and oxygen atoms in total. The molecule has 1 heterocycles. The van der Waals surface area contributed by atoms with Gasteiger partial charge in [0.05, 0.1) is 23.1 Å². The Bertz CT molecular complexity index is 1350.